The maximum Gasteiger partial charge on any atom is 0.293 e. The molecule has 2 aromatic carbocycles. The predicted molar refractivity (Wildman–Crippen MR) is 118 cm³/mol. The van der Waals surface area contributed by atoms with E-state index in [-0.39, 0.29) is 12.3 Å². The Bertz CT molecular complexity index is 951. The van der Waals surface area contributed by atoms with Gasteiger partial charge in [-0.25, -0.2) is 0 Å². The minimum atomic E-state index is -0.449. The quantitative estimate of drug-likeness (QED) is 0.453. The largest absolute Gasteiger partial charge is 0.372 e. The molecule has 0 N–H and O–H groups in total. The highest BCUT2D eigenvalue weighted by Gasteiger charge is 2.36. The molecular weight excluding hydrogens is 408 g/mol. The molecule has 29 heavy (non-hydrogen) atoms. The molecule has 150 valence electrons. The van der Waals surface area contributed by atoms with Crippen molar-refractivity contribution < 1.29 is 14.4 Å². The second-order valence-electron chi connectivity index (χ2n) is 6.46. The smallest absolute Gasteiger partial charge is 0.293 e. The molecule has 0 unspecified atom stereocenters. The molecule has 0 aliphatic carbocycles. The number of hydrogen-bond acceptors (Lipinski definition) is 5. The van der Waals surface area contributed by atoms with E-state index in [4.69, 9.17) is 11.6 Å². The van der Waals surface area contributed by atoms with Gasteiger partial charge in [0, 0.05) is 29.4 Å². The third kappa shape index (κ3) is 4.89. The average Bonchev–Trinajstić information content (AvgIpc) is 2.98. The van der Waals surface area contributed by atoms with Gasteiger partial charge in [0.2, 0.25) is 0 Å². The fourth-order valence-electron chi connectivity index (χ4n) is 3.03. The minimum absolute atomic E-state index is 0.287. The van der Waals surface area contributed by atoms with Crippen LogP contribution in [0, 0.1) is 0 Å². The van der Waals surface area contributed by atoms with Gasteiger partial charge in [0.1, 0.15) is 0 Å². The summed E-state index contributed by atoms with van der Waals surface area (Å²) in [7, 11) is 0. The highest BCUT2D eigenvalue weighted by molar-refractivity contribution is 8.18. The summed E-state index contributed by atoms with van der Waals surface area (Å²) >= 11 is 6.68. The van der Waals surface area contributed by atoms with Crippen LogP contribution in [0.15, 0.2) is 53.4 Å². The van der Waals surface area contributed by atoms with E-state index in [0.29, 0.717) is 15.5 Å². The number of imide groups is 1. The van der Waals surface area contributed by atoms with Crippen LogP contribution in [0.3, 0.4) is 0 Å². The molecule has 0 atom stereocenters. The maximum absolute atomic E-state index is 12.6. The zero-order valence-electron chi connectivity index (χ0n) is 16.2. The number of Topliss-reactive ketones (excluding diaryl/α,β-unsaturated/α-hetero) is 1. The Hall–Kier alpha value is -2.57. The molecule has 3 rings (SSSR count). The van der Waals surface area contributed by atoms with E-state index in [1.54, 1.807) is 30.3 Å². The fourth-order valence-corrected chi connectivity index (χ4v) is 3.99. The lowest BCUT2D eigenvalue weighted by Crippen LogP contribution is -2.33. The van der Waals surface area contributed by atoms with E-state index in [9.17, 15) is 14.4 Å². The summed E-state index contributed by atoms with van der Waals surface area (Å²) < 4.78 is 0. The van der Waals surface area contributed by atoms with Gasteiger partial charge in [0.25, 0.3) is 11.1 Å². The van der Waals surface area contributed by atoms with Crippen LogP contribution < -0.4 is 4.90 Å². The number of anilines is 1. The lowest BCUT2D eigenvalue weighted by molar-refractivity contribution is -0.122. The van der Waals surface area contributed by atoms with Crippen molar-refractivity contribution in [1.82, 2.24) is 4.90 Å². The van der Waals surface area contributed by atoms with Gasteiger partial charge in [0.05, 0.1) is 11.4 Å². The SMILES string of the molecule is CCN(CC)c1ccc(C=C2SC(=O)N(CC(=O)c3ccc(Cl)cc3)C2=O)cc1. The monoisotopic (exact) mass is 428 g/mol. The Balaban J connectivity index is 1.72. The third-order valence-electron chi connectivity index (χ3n) is 4.66. The topological polar surface area (TPSA) is 57.7 Å². The molecule has 1 aliphatic rings. The molecule has 2 aromatic rings. The number of carbonyl (C=O) groups is 3. The van der Waals surface area contributed by atoms with E-state index in [0.717, 1.165) is 41.0 Å². The molecule has 0 aromatic heterocycles. The summed E-state index contributed by atoms with van der Waals surface area (Å²) in [6.07, 6.45) is 1.68. The van der Waals surface area contributed by atoms with Crippen LogP contribution in [0.4, 0.5) is 10.5 Å². The summed E-state index contributed by atoms with van der Waals surface area (Å²) in [5.74, 6) is -0.760. The summed E-state index contributed by atoms with van der Waals surface area (Å²) in [6.45, 7) is 5.73. The van der Waals surface area contributed by atoms with Crippen molar-refractivity contribution >= 4 is 52.1 Å². The van der Waals surface area contributed by atoms with E-state index in [1.807, 2.05) is 24.3 Å². The zero-order chi connectivity index (χ0) is 21.0. The van der Waals surface area contributed by atoms with Crippen LogP contribution in [0.2, 0.25) is 5.02 Å². The zero-order valence-corrected chi connectivity index (χ0v) is 17.8. The van der Waals surface area contributed by atoms with Gasteiger partial charge in [-0.3, -0.25) is 19.3 Å². The highest BCUT2D eigenvalue weighted by Crippen LogP contribution is 2.32. The maximum atomic E-state index is 12.6. The van der Waals surface area contributed by atoms with Gasteiger partial charge in [-0.05, 0) is 73.6 Å². The normalized spacial score (nSPS) is 15.3. The molecule has 0 spiro atoms. The first-order chi connectivity index (χ1) is 13.9. The van der Waals surface area contributed by atoms with Crippen LogP contribution >= 0.6 is 23.4 Å². The number of thioether (sulfide) groups is 1. The molecule has 1 fully saturated rings. The van der Waals surface area contributed by atoms with Crippen molar-refractivity contribution in [2.45, 2.75) is 13.8 Å². The number of carbonyl (C=O) groups excluding carboxylic acids is 3. The van der Waals surface area contributed by atoms with Crippen molar-refractivity contribution in [2.75, 3.05) is 24.5 Å². The molecule has 0 saturated carbocycles. The Kier molecular flexibility index (Phi) is 6.77. The molecule has 2 amide bonds. The minimum Gasteiger partial charge on any atom is -0.372 e. The van der Waals surface area contributed by atoms with Crippen molar-refractivity contribution in [3.8, 4) is 0 Å². The Morgan fingerprint density at radius 2 is 1.66 bits per heavy atom. The number of ketones is 1. The van der Waals surface area contributed by atoms with Crippen LogP contribution in [0.1, 0.15) is 29.8 Å². The fraction of sp³-hybridized carbons (Fsp3) is 0.227. The van der Waals surface area contributed by atoms with Gasteiger partial charge in [0.15, 0.2) is 5.78 Å². The molecule has 0 bridgehead atoms. The lowest BCUT2D eigenvalue weighted by Gasteiger charge is -2.20. The molecule has 0 radical (unpaired) electrons. The van der Waals surface area contributed by atoms with Crippen molar-refractivity contribution in [2.24, 2.45) is 0 Å². The predicted octanol–water partition coefficient (Wildman–Crippen LogP) is 5.11. The molecule has 1 aliphatic heterocycles. The van der Waals surface area contributed by atoms with Crippen molar-refractivity contribution in [3.05, 3.63) is 69.6 Å². The van der Waals surface area contributed by atoms with E-state index < -0.39 is 11.1 Å². The highest BCUT2D eigenvalue weighted by atomic mass is 35.5. The average molecular weight is 429 g/mol. The standard InChI is InChI=1S/C22H21ClN2O3S/c1-3-24(4-2)18-11-5-15(6-12-18)13-20-21(27)25(22(28)29-20)14-19(26)16-7-9-17(23)10-8-16/h5-13H,3-4,14H2,1-2H3. The third-order valence-corrected chi connectivity index (χ3v) is 5.82. The van der Waals surface area contributed by atoms with Crippen LogP contribution in [-0.2, 0) is 4.79 Å². The van der Waals surface area contributed by atoms with Gasteiger partial charge in [-0.2, -0.15) is 0 Å². The summed E-state index contributed by atoms with van der Waals surface area (Å²) in [6, 6.07) is 14.2. The van der Waals surface area contributed by atoms with E-state index >= 15 is 0 Å². The molecular formula is C22H21ClN2O3S. The number of benzene rings is 2. The first-order valence-electron chi connectivity index (χ1n) is 9.32. The van der Waals surface area contributed by atoms with Crippen LogP contribution in [0.25, 0.3) is 6.08 Å². The Morgan fingerprint density at radius 3 is 2.24 bits per heavy atom. The first-order valence-corrected chi connectivity index (χ1v) is 10.5. The van der Waals surface area contributed by atoms with E-state index in [2.05, 4.69) is 18.7 Å². The Morgan fingerprint density at radius 1 is 1.03 bits per heavy atom. The lowest BCUT2D eigenvalue weighted by atomic mass is 10.1. The van der Waals surface area contributed by atoms with Crippen LogP contribution in [-0.4, -0.2) is 41.5 Å². The second kappa shape index (κ2) is 9.29. The first kappa shape index (κ1) is 21.1. The van der Waals surface area contributed by atoms with E-state index in [1.165, 1.54) is 0 Å². The summed E-state index contributed by atoms with van der Waals surface area (Å²) in [5.41, 5.74) is 2.34. The molecule has 1 saturated heterocycles. The summed E-state index contributed by atoms with van der Waals surface area (Å²) in [5, 5.41) is 0.0750. The van der Waals surface area contributed by atoms with Gasteiger partial charge in [-0.1, -0.05) is 23.7 Å². The number of rotatable bonds is 7. The number of halogens is 1. The molecule has 5 nitrogen and oxygen atoms in total. The number of hydrogen-bond donors (Lipinski definition) is 0. The number of amides is 2. The molecule has 1 heterocycles. The number of nitrogens with zero attached hydrogens (tertiary/aromatic N) is 2. The van der Waals surface area contributed by atoms with Crippen molar-refractivity contribution in [3.63, 3.8) is 0 Å². The van der Waals surface area contributed by atoms with Gasteiger partial charge in [-0.15, -0.1) is 0 Å². The van der Waals surface area contributed by atoms with Gasteiger partial charge >= 0.3 is 0 Å². The van der Waals surface area contributed by atoms with Gasteiger partial charge < -0.3 is 4.90 Å². The summed E-state index contributed by atoms with van der Waals surface area (Å²) in [4.78, 5) is 40.8. The van der Waals surface area contributed by atoms with Crippen molar-refractivity contribution in [1.29, 1.82) is 0 Å². The Labute approximate surface area is 179 Å². The molecule has 7 heteroatoms. The second-order valence-corrected chi connectivity index (χ2v) is 7.89. The van der Waals surface area contributed by atoms with Crippen LogP contribution in [0.5, 0.6) is 0 Å².